The highest BCUT2D eigenvalue weighted by Crippen LogP contribution is 2.35. The standard InChI is InChI=1S/C21H26F3N5O2S/c1-11-14(3-6-18(25)28-11)10-27-19(30)12(2)29-20(31)16-8-13(9-26-16)7-15-4-5-17(32-15)21(22,23)24/h3-6,12-13,16,26H,7-10H2,1-2H3,(H2,25,28)(H,27,30)(H,29,31)/t12?,13-,16+/m0/s1. The molecule has 0 aromatic carbocycles. The molecule has 1 fully saturated rings. The van der Waals surface area contributed by atoms with E-state index in [4.69, 9.17) is 5.73 Å². The van der Waals surface area contributed by atoms with E-state index in [1.807, 2.05) is 0 Å². The van der Waals surface area contributed by atoms with Crippen molar-refractivity contribution in [3.05, 3.63) is 45.3 Å². The molecule has 174 valence electrons. The van der Waals surface area contributed by atoms with Gasteiger partial charge in [-0.2, -0.15) is 13.2 Å². The Hall–Kier alpha value is -2.66. The number of amides is 2. The van der Waals surface area contributed by atoms with Crippen LogP contribution in [0, 0.1) is 12.8 Å². The van der Waals surface area contributed by atoms with E-state index in [9.17, 15) is 22.8 Å². The number of pyridine rings is 1. The van der Waals surface area contributed by atoms with Gasteiger partial charge in [0.2, 0.25) is 11.8 Å². The lowest BCUT2D eigenvalue weighted by Crippen LogP contribution is -2.50. The van der Waals surface area contributed by atoms with E-state index in [1.165, 1.54) is 6.07 Å². The van der Waals surface area contributed by atoms with Crippen molar-refractivity contribution in [1.82, 2.24) is 20.9 Å². The van der Waals surface area contributed by atoms with Crippen LogP contribution < -0.4 is 21.7 Å². The number of nitrogens with two attached hydrogens (primary N) is 1. The first-order chi connectivity index (χ1) is 15.0. The molecule has 5 N–H and O–H groups in total. The Morgan fingerprint density at radius 1 is 1.31 bits per heavy atom. The number of hydrogen-bond donors (Lipinski definition) is 4. The molecule has 0 radical (unpaired) electrons. The number of rotatable bonds is 7. The fourth-order valence-electron chi connectivity index (χ4n) is 3.60. The molecule has 2 aromatic rings. The molecule has 11 heteroatoms. The monoisotopic (exact) mass is 469 g/mol. The molecule has 2 amide bonds. The van der Waals surface area contributed by atoms with Gasteiger partial charge in [0, 0.05) is 17.1 Å². The lowest BCUT2D eigenvalue weighted by Gasteiger charge is -2.17. The molecule has 1 aliphatic heterocycles. The number of nitrogens with zero attached hydrogens (tertiary/aromatic N) is 1. The zero-order valence-electron chi connectivity index (χ0n) is 17.8. The molecule has 0 spiro atoms. The number of aryl methyl sites for hydroxylation is 1. The van der Waals surface area contributed by atoms with E-state index in [2.05, 4.69) is 20.9 Å². The molecule has 3 heterocycles. The normalized spacial score (nSPS) is 19.5. The molecule has 7 nitrogen and oxygen atoms in total. The van der Waals surface area contributed by atoms with E-state index in [-0.39, 0.29) is 24.3 Å². The zero-order valence-corrected chi connectivity index (χ0v) is 18.6. The number of aromatic nitrogens is 1. The number of halogens is 3. The number of nitrogens with one attached hydrogen (secondary N) is 3. The summed E-state index contributed by atoms with van der Waals surface area (Å²) in [7, 11) is 0. The Labute approximate surface area is 188 Å². The van der Waals surface area contributed by atoms with Crippen LogP contribution in [-0.2, 0) is 28.7 Å². The summed E-state index contributed by atoms with van der Waals surface area (Å²) in [6.45, 7) is 4.19. The number of carbonyl (C=O) groups excluding carboxylic acids is 2. The molecule has 32 heavy (non-hydrogen) atoms. The number of alkyl halides is 3. The average Bonchev–Trinajstić information content (AvgIpc) is 3.37. The predicted octanol–water partition coefficient (Wildman–Crippen LogP) is 2.39. The summed E-state index contributed by atoms with van der Waals surface area (Å²) in [5, 5.41) is 8.56. The molecule has 0 aliphatic carbocycles. The molecule has 1 saturated heterocycles. The van der Waals surface area contributed by atoms with Gasteiger partial charge in [-0.25, -0.2) is 4.98 Å². The van der Waals surface area contributed by atoms with Gasteiger partial charge in [-0.05, 0) is 62.9 Å². The van der Waals surface area contributed by atoms with Crippen LogP contribution in [-0.4, -0.2) is 35.4 Å². The summed E-state index contributed by atoms with van der Waals surface area (Å²) in [6.07, 6.45) is -3.36. The van der Waals surface area contributed by atoms with Crippen molar-refractivity contribution in [3.8, 4) is 0 Å². The number of carbonyl (C=O) groups is 2. The van der Waals surface area contributed by atoms with Gasteiger partial charge in [-0.3, -0.25) is 9.59 Å². The molecule has 2 aromatic heterocycles. The average molecular weight is 470 g/mol. The number of hydrogen-bond acceptors (Lipinski definition) is 6. The largest absolute Gasteiger partial charge is 0.425 e. The first kappa shape index (κ1) is 24.0. The lowest BCUT2D eigenvalue weighted by molar-refractivity contribution is -0.134. The third-order valence-electron chi connectivity index (χ3n) is 5.39. The van der Waals surface area contributed by atoms with Crippen molar-refractivity contribution in [1.29, 1.82) is 0 Å². The molecular formula is C21H26F3N5O2S. The van der Waals surface area contributed by atoms with Crippen molar-refractivity contribution in [2.75, 3.05) is 12.3 Å². The minimum Gasteiger partial charge on any atom is -0.384 e. The quantitative estimate of drug-likeness (QED) is 0.498. The molecule has 1 aliphatic rings. The van der Waals surface area contributed by atoms with E-state index in [0.29, 0.717) is 30.1 Å². The van der Waals surface area contributed by atoms with E-state index in [1.54, 1.807) is 26.0 Å². The lowest BCUT2D eigenvalue weighted by atomic mass is 10.0. The summed E-state index contributed by atoms with van der Waals surface area (Å²) in [5.41, 5.74) is 7.17. The highest BCUT2D eigenvalue weighted by atomic mass is 32.1. The summed E-state index contributed by atoms with van der Waals surface area (Å²) >= 11 is 0.739. The summed E-state index contributed by atoms with van der Waals surface area (Å²) in [5.74, 6) is -0.180. The topological polar surface area (TPSA) is 109 Å². The summed E-state index contributed by atoms with van der Waals surface area (Å²) < 4.78 is 38.3. The Morgan fingerprint density at radius 2 is 2.06 bits per heavy atom. The van der Waals surface area contributed by atoms with Gasteiger partial charge >= 0.3 is 6.18 Å². The van der Waals surface area contributed by atoms with Crippen molar-refractivity contribution >= 4 is 29.0 Å². The molecule has 0 saturated carbocycles. The minimum atomic E-state index is -4.33. The first-order valence-corrected chi connectivity index (χ1v) is 11.0. The molecule has 0 bridgehead atoms. The number of nitrogen functional groups attached to an aromatic ring is 1. The second-order valence-electron chi connectivity index (χ2n) is 7.96. The van der Waals surface area contributed by atoms with Gasteiger partial charge in [-0.1, -0.05) is 6.07 Å². The maximum absolute atomic E-state index is 12.8. The van der Waals surface area contributed by atoms with Crippen LogP contribution in [0.1, 0.15) is 34.4 Å². The van der Waals surface area contributed by atoms with Gasteiger partial charge in [0.25, 0.3) is 0 Å². The van der Waals surface area contributed by atoms with Crippen LogP contribution in [0.2, 0.25) is 0 Å². The predicted molar refractivity (Wildman–Crippen MR) is 116 cm³/mol. The molecule has 3 rings (SSSR count). The fraction of sp³-hybridized carbons (Fsp3) is 0.476. The van der Waals surface area contributed by atoms with Crippen molar-refractivity contribution < 1.29 is 22.8 Å². The van der Waals surface area contributed by atoms with Crippen LogP contribution in [0.4, 0.5) is 19.0 Å². The maximum atomic E-state index is 12.8. The summed E-state index contributed by atoms with van der Waals surface area (Å²) in [6, 6.07) is 4.80. The fourth-order valence-corrected chi connectivity index (χ4v) is 4.59. The van der Waals surface area contributed by atoms with Gasteiger partial charge in [0.15, 0.2) is 0 Å². The van der Waals surface area contributed by atoms with E-state index < -0.39 is 23.1 Å². The van der Waals surface area contributed by atoms with Gasteiger partial charge in [0.05, 0.1) is 6.04 Å². The van der Waals surface area contributed by atoms with Crippen molar-refractivity contribution in [3.63, 3.8) is 0 Å². The van der Waals surface area contributed by atoms with Gasteiger partial charge in [-0.15, -0.1) is 11.3 Å². The van der Waals surface area contributed by atoms with Crippen LogP contribution in [0.15, 0.2) is 24.3 Å². The Balaban J connectivity index is 1.45. The highest BCUT2D eigenvalue weighted by molar-refractivity contribution is 7.12. The number of anilines is 1. The van der Waals surface area contributed by atoms with Crippen LogP contribution in [0.5, 0.6) is 0 Å². The van der Waals surface area contributed by atoms with E-state index >= 15 is 0 Å². The molecule has 3 atom stereocenters. The SMILES string of the molecule is Cc1nc(N)ccc1CNC(=O)C(C)NC(=O)[C@H]1C[C@H](Cc2ccc(C(F)(F)F)s2)CN1. The smallest absolute Gasteiger partial charge is 0.384 e. The highest BCUT2D eigenvalue weighted by Gasteiger charge is 2.34. The second-order valence-corrected chi connectivity index (χ2v) is 9.13. The second kappa shape index (κ2) is 9.86. The first-order valence-electron chi connectivity index (χ1n) is 10.2. The third kappa shape index (κ3) is 6.19. The number of thiophene rings is 1. The van der Waals surface area contributed by atoms with Crippen LogP contribution in [0.3, 0.4) is 0 Å². The minimum absolute atomic E-state index is 0.0515. The summed E-state index contributed by atoms with van der Waals surface area (Å²) in [4.78, 5) is 29.1. The molecule has 1 unspecified atom stereocenters. The molecular weight excluding hydrogens is 443 g/mol. The van der Waals surface area contributed by atoms with Gasteiger partial charge < -0.3 is 21.7 Å². The van der Waals surface area contributed by atoms with Crippen molar-refractivity contribution in [2.45, 2.75) is 51.5 Å². The van der Waals surface area contributed by atoms with E-state index in [0.717, 1.165) is 28.7 Å². The Kier molecular flexibility index (Phi) is 7.40. The van der Waals surface area contributed by atoms with Crippen LogP contribution in [0.25, 0.3) is 0 Å². The Morgan fingerprint density at radius 3 is 2.72 bits per heavy atom. The van der Waals surface area contributed by atoms with Crippen LogP contribution >= 0.6 is 11.3 Å². The third-order valence-corrected chi connectivity index (χ3v) is 6.54. The Bertz CT molecular complexity index is 979. The van der Waals surface area contributed by atoms with Gasteiger partial charge in [0.1, 0.15) is 16.7 Å². The van der Waals surface area contributed by atoms with Crippen molar-refractivity contribution in [2.24, 2.45) is 5.92 Å². The maximum Gasteiger partial charge on any atom is 0.425 e. The zero-order chi connectivity index (χ0) is 23.5.